The number of urea groups is 1. The zero-order valence-corrected chi connectivity index (χ0v) is 8.32. The third kappa shape index (κ3) is 2.61. The predicted octanol–water partition coefficient (Wildman–Crippen LogP) is 0.655. The van der Waals surface area contributed by atoms with E-state index >= 15 is 0 Å². The number of nitrogens with zero attached hydrogens (tertiary/aromatic N) is 1. The second-order valence-electron chi connectivity index (χ2n) is 3.44. The van der Waals surface area contributed by atoms with Gasteiger partial charge in [0.2, 0.25) is 0 Å². The molecule has 0 saturated carbocycles. The molecule has 1 fully saturated rings. The molecule has 0 aromatic carbocycles. The van der Waals surface area contributed by atoms with E-state index in [1.165, 1.54) is 0 Å². The summed E-state index contributed by atoms with van der Waals surface area (Å²) in [5.74, 6) is -0.972. The van der Waals surface area contributed by atoms with Gasteiger partial charge in [-0.1, -0.05) is 6.92 Å². The van der Waals surface area contributed by atoms with E-state index in [0.717, 1.165) is 25.9 Å². The minimum absolute atomic E-state index is 0.253. The molecule has 2 N–H and O–H groups in total. The fraction of sp³-hybridized carbons (Fsp3) is 0.778. The first-order valence-corrected chi connectivity index (χ1v) is 4.93. The summed E-state index contributed by atoms with van der Waals surface area (Å²) in [5.41, 5.74) is 0. The van der Waals surface area contributed by atoms with Gasteiger partial charge in [0.25, 0.3) is 0 Å². The van der Waals surface area contributed by atoms with Crippen molar-refractivity contribution < 1.29 is 14.7 Å². The topological polar surface area (TPSA) is 69.6 Å². The zero-order chi connectivity index (χ0) is 10.6. The number of carboxylic acid groups (broad SMARTS) is 1. The molecule has 0 radical (unpaired) electrons. The molecule has 1 heterocycles. The van der Waals surface area contributed by atoms with E-state index in [0.29, 0.717) is 6.42 Å². The number of aliphatic carboxylic acids is 1. The van der Waals surface area contributed by atoms with Gasteiger partial charge in [0, 0.05) is 13.1 Å². The Bertz CT molecular complexity index is 224. The van der Waals surface area contributed by atoms with Gasteiger partial charge >= 0.3 is 12.0 Å². The number of rotatable bonds is 3. The molecule has 0 aromatic heterocycles. The lowest BCUT2D eigenvalue weighted by molar-refractivity contribution is -0.139. The Kier molecular flexibility index (Phi) is 3.73. The first-order valence-electron chi connectivity index (χ1n) is 4.93. The number of hydrogen-bond acceptors (Lipinski definition) is 2. The molecule has 14 heavy (non-hydrogen) atoms. The second kappa shape index (κ2) is 4.83. The number of carboxylic acids is 1. The minimum Gasteiger partial charge on any atom is -0.480 e. The van der Waals surface area contributed by atoms with Crippen molar-refractivity contribution in [3.8, 4) is 0 Å². The summed E-state index contributed by atoms with van der Waals surface area (Å²) < 4.78 is 0. The Hall–Kier alpha value is -1.26. The molecule has 0 unspecified atom stereocenters. The third-order valence-electron chi connectivity index (χ3n) is 2.40. The molecule has 2 amide bonds. The molecule has 5 heteroatoms. The van der Waals surface area contributed by atoms with Crippen molar-refractivity contribution in [1.29, 1.82) is 0 Å². The van der Waals surface area contributed by atoms with Gasteiger partial charge in [-0.25, -0.2) is 9.59 Å². The summed E-state index contributed by atoms with van der Waals surface area (Å²) in [5, 5.41) is 11.2. The van der Waals surface area contributed by atoms with Crippen LogP contribution in [0, 0.1) is 0 Å². The summed E-state index contributed by atoms with van der Waals surface area (Å²) in [4.78, 5) is 23.8. The summed E-state index contributed by atoms with van der Waals surface area (Å²) in [6, 6.07) is -1.01. The molecule has 0 aromatic rings. The van der Waals surface area contributed by atoms with Crippen molar-refractivity contribution in [2.75, 3.05) is 13.1 Å². The van der Waals surface area contributed by atoms with E-state index in [4.69, 9.17) is 5.11 Å². The zero-order valence-electron chi connectivity index (χ0n) is 8.32. The molecule has 0 bridgehead atoms. The normalized spacial score (nSPS) is 17.9. The molecule has 1 aliphatic heterocycles. The number of nitrogens with one attached hydrogen (secondary N) is 1. The van der Waals surface area contributed by atoms with Crippen LogP contribution in [0.1, 0.15) is 26.2 Å². The molecule has 5 nitrogen and oxygen atoms in total. The average molecular weight is 200 g/mol. The van der Waals surface area contributed by atoms with Crippen LogP contribution in [-0.4, -0.2) is 41.1 Å². The van der Waals surface area contributed by atoms with Crippen LogP contribution in [0.15, 0.2) is 0 Å². The summed E-state index contributed by atoms with van der Waals surface area (Å²) >= 11 is 0. The van der Waals surface area contributed by atoms with E-state index < -0.39 is 12.0 Å². The van der Waals surface area contributed by atoms with Crippen LogP contribution in [-0.2, 0) is 4.79 Å². The fourth-order valence-electron chi connectivity index (χ4n) is 1.50. The highest BCUT2D eigenvalue weighted by atomic mass is 16.4. The first kappa shape index (κ1) is 10.8. The van der Waals surface area contributed by atoms with E-state index in [9.17, 15) is 9.59 Å². The number of amides is 2. The van der Waals surface area contributed by atoms with Gasteiger partial charge in [0.15, 0.2) is 0 Å². The van der Waals surface area contributed by atoms with Crippen molar-refractivity contribution >= 4 is 12.0 Å². The standard InChI is InChI=1S/C9H16N2O3/c1-2-7(8(12)13)10-9(14)11-5-3-4-6-11/h7H,2-6H2,1H3,(H,10,14)(H,12,13)/t7-/m0/s1. The van der Waals surface area contributed by atoms with Crippen LogP contribution in [0.25, 0.3) is 0 Å². The molecular formula is C9H16N2O3. The van der Waals surface area contributed by atoms with Gasteiger partial charge in [0.05, 0.1) is 0 Å². The van der Waals surface area contributed by atoms with E-state index in [-0.39, 0.29) is 6.03 Å². The maximum Gasteiger partial charge on any atom is 0.326 e. The maximum atomic E-state index is 11.5. The highest BCUT2D eigenvalue weighted by Gasteiger charge is 2.23. The highest BCUT2D eigenvalue weighted by Crippen LogP contribution is 2.07. The van der Waals surface area contributed by atoms with E-state index in [1.807, 2.05) is 0 Å². The molecule has 1 atom stereocenters. The van der Waals surface area contributed by atoms with Gasteiger partial charge < -0.3 is 15.3 Å². The fourth-order valence-corrected chi connectivity index (χ4v) is 1.50. The van der Waals surface area contributed by atoms with Gasteiger partial charge in [-0.05, 0) is 19.3 Å². The molecular weight excluding hydrogens is 184 g/mol. The quantitative estimate of drug-likeness (QED) is 0.703. The molecule has 1 aliphatic rings. The smallest absolute Gasteiger partial charge is 0.326 e. The Balaban J connectivity index is 2.41. The Morgan fingerprint density at radius 1 is 1.43 bits per heavy atom. The summed E-state index contributed by atoms with van der Waals surface area (Å²) in [6.45, 7) is 3.22. The summed E-state index contributed by atoms with van der Waals surface area (Å²) in [6.07, 6.45) is 2.43. The number of hydrogen-bond donors (Lipinski definition) is 2. The van der Waals surface area contributed by atoms with E-state index in [1.54, 1.807) is 11.8 Å². The van der Waals surface area contributed by atoms with Crippen molar-refractivity contribution in [2.24, 2.45) is 0 Å². The molecule has 1 rings (SSSR count). The Morgan fingerprint density at radius 3 is 2.43 bits per heavy atom. The van der Waals surface area contributed by atoms with Crippen LogP contribution in [0.3, 0.4) is 0 Å². The van der Waals surface area contributed by atoms with Gasteiger partial charge in [-0.2, -0.15) is 0 Å². The van der Waals surface area contributed by atoms with Gasteiger partial charge in [-0.15, -0.1) is 0 Å². The van der Waals surface area contributed by atoms with Crippen molar-refractivity contribution in [2.45, 2.75) is 32.2 Å². The first-order chi connectivity index (χ1) is 6.65. The van der Waals surface area contributed by atoms with Gasteiger partial charge in [0.1, 0.15) is 6.04 Å². The molecule has 0 spiro atoms. The highest BCUT2D eigenvalue weighted by molar-refractivity contribution is 5.82. The van der Waals surface area contributed by atoms with Crippen molar-refractivity contribution in [3.63, 3.8) is 0 Å². The predicted molar refractivity (Wildman–Crippen MR) is 51.1 cm³/mol. The molecule has 1 saturated heterocycles. The average Bonchev–Trinajstić information content (AvgIpc) is 2.65. The van der Waals surface area contributed by atoms with Gasteiger partial charge in [-0.3, -0.25) is 0 Å². The van der Waals surface area contributed by atoms with Crippen LogP contribution in [0.2, 0.25) is 0 Å². The molecule has 0 aliphatic carbocycles. The Labute approximate surface area is 83.1 Å². The lowest BCUT2D eigenvalue weighted by Gasteiger charge is -2.19. The summed E-state index contributed by atoms with van der Waals surface area (Å²) in [7, 11) is 0. The minimum atomic E-state index is -0.972. The number of carbonyl (C=O) groups excluding carboxylic acids is 1. The lowest BCUT2D eigenvalue weighted by Crippen LogP contribution is -2.46. The number of likely N-dealkylation sites (tertiary alicyclic amines) is 1. The largest absolute Gasteiger partial charge is 0.480 e. The van der Waals surface area contributed by atoms with Crippen LogP contribution in [0.5, 0.6) is 0 Å². The van der Waals surface area contributed by atoms with Crippen molar-refractivity contribution in [1.82, 2.24) is 10.2 Å². The monoisotopic (exact) mass is 200 g/mol. The second-order valence-corrected chi connectivity index (χ2v) is 3.44. The maximum absolute atomic E-state index is 11.5. The van der Waals surface area contributed by atoms with Crippen LogP contribution < -0.4 is 5.32 Å². The SMILES string of the molecule is CC[C@H](NC(=O)N1CCCC1)C(=O)O. The third-order valence-corrected chi connectivity index (χ3v) is 2.40. The van der Waals surface area contributed by atoms with Crippen LogP contribution >= 0.6 is 0 Å². The van der Waals surface area contributed by atoms with E-state index in [2.05, 4.69) is 5.32 Å². The van der Waals surface area contributed by atoms with Crippen molar-refractivity contribution in [3.05, 3.63) is 0 Å². The van der Waals surface area contributed by atoms with Crippen LogP contribution in [0.4, 0.5) is 4.79 Å². The molecule has 80 valence electrons. The number of carbonyl (C=O) groups is 2. The Morgan fingerprint density at radius 2 is 2.00 bits per heavy atom. The lowest BCUT2D eigenvalue weighted by atomic mass is 10.2.